The first kappa shape index (κ1) is 34.0. The van der Waals surface area contributed by atoms with Crippen LogP contribution in [0, 0.1) is 0 Å². The van der Waals surface area contributed by atoms with Crippen LogP contribution in [-0.4, -0.2) is 26.1 Å². The Morgan fingerprint density at radius 1 is 0.532 bits per heavy atom. The molecule has 5 aromatic carbocycles. The van der Waals surface area contributed by atoms with E-state index in [-0.39, 0.29) is 4.90 Å². The monoisotopic (exact) mass is 646 g/mol. The van der Waals surface area contributed by atoms with Crippen LogP contribution in [0.4, 0.5) is 22.7 Å². The Bertz CT molecular complexity index is 1770. The summed E-state index contributed by atoms with van der Waals surface area (Å²) in [5.74, 6) is -0.408. The summed E-state index contributed by atoms with van der Waals surface area (Å²) in [7, 11) is -4.48. The quantitative estimate of drug-likeness (QED) is 0.0961. The molecule has 0 aliphatic carbocycles. The number of hydrogen-bond donors (Lipinski definition) is 1. The van der Waals surface area contributed by atoms with Gasteiger partial charge in [-0.25, -0.2) is 0 Å². The van der Waals surface area contributed by atoms with Gasteiger partial charge in [0.25, 0.3) is 10.1 Å². The fourth-order valence-electron chi connectivity index (χ4n) is 6.63. The van der Waals surface area contributed by atoms with Gasteiger partial charge in [-0.1, -0.05) is 94.4 Å². The first-order valence-corrected chi connectivity index (χ1v) is 18.2. The van der Waals surface area contributed by atoms with Gasteiger partial charge in [-0.15, -0.1) is 0 Å². The molecular formula is C41H46N2O3S. The molecule has 47 heavy (non-hydrogen) atoms. The van der Waals surface area contributed by atoms with Crippen LogP contribution in [-0.2, 0) is 23.0 Å². The Morgan fingerprint density at radius 2 is 0.957 bits per heavy atom. The molecule has 1 N–H and O–H groups in total. The third-order valence-electron chi connectivity index (χ3n) is 8.80. The summed E-state index contributed by atoms with van der Waals surface area (Å²) in [6.45, 7) is 10.4. The van der Waals surface area contributed by atoms with Crippen molar-refractivity contribution in [2.45, 2.75) is 64.2 Å². The van der Waals surface area contributed by atoms with Gasteiger partial charge in [0.2, 0.25) is 0 Å². The van der Waals surface area contributed by atoms with Gasteiger partial charge in [-0.2, -0.15) is 8.42 Å². The van der Waals surface area contributed by atoms with Gasteiger partial charge in [0.1, 0.15) is 0 Å². The summed E-state index contributed by atoms with van der Waals surface area (Å²) in [6.07, 6.45) is 3.51. The van der Waals surface area contributed by atoms with E-state index in [0.717, 1.165) is 83.8 Å². The Balaban J connectivity index is 1.72. The van der Waals surface area contributed by atoms with Gasteiger partial charge in [-0.05, 0) is 108 Å². The lowest BCUT2D eigenvalue weighted by atomic mass is 9.79. The van der Waals surface area contributed by atoms with Crippen LogP contribution in [0.2, 0.25) is 0 Å². The molecule has 0 aliphatic heterocycles. The van der Waals surface area contributed by atoms with E-state index in [9.17, 15) is 13.0 Å². The van der Waals surface area contributed by atoms with Crippen LogP contribution in [0.15, 0.2) is 126 Å². The molecule has 5 rings (SSSR count). The van der Waals surface area contributed by atoms with Crippen molar-refractivity contribution < 1.29 is 13.0 Å². The highest BCUT2D eigenvalue weighted by molar-refractivity contribution is 7.85. The zero-order valence-electron chi connectivity index (χ0n) is 27.9. The van der Waals surface area contributed by atoms with Crippen molar-refractivity contribution in [2.24, 2.45) is 0 Å². The number of benzene rings is 5. The van der Waals surface area contributed by atoms with E-state index in [1.165, 1.54) is 6.07 Å². The molecule has 0 aromatic heterocycles. The SMILES string of the molecule is CCCN(c1ccccc1)c1ccc(C(c2ccc(N(CCC)c3ccccc3)cc2CC)c2ccccc2S(=O)(=O)O)c(CC)c1. The largest absolute Gasteiger partial charge is 0.341 e. The predicted molar refractivity (Wildman–Crippen MR) is 196 cm³/mol. The molecule has 0 amide bonds. The molecule has 5 aromatic rings. The van der Waals surface area contributed by atoms with Crippen molar-refractivity contribution >= 4 is 32.9 Å². The zero-order valence-corrected chi connectivity index (χ0v) is 28.7. The average molecular weight is 647 g/mol. The van der Waals surface area contributed by atoms with E-state index in [1.54, 1.807) is 6.07 Å². The minimum Gasteiger partial charge on any atom is -0.341 e. The first-order chi connectivity index (χ1) is 22.8. The molecule has 0 unspecified atom stereocenters. The lowest BCUT2D eigenvalue weighted by molar-refractivity contribution is 0.482. The van der Waals surface area contributed by atoms with Crippen molar-refractivity contribution in [1.29, 1.82) is 0 Å². The maximum atomic E-state index is 12.8. The van der Waals surface area contributed by atoms with Gasteiger partial charge in [0.15, 0.2) is 0 Å². The number of para-hydroxylation sites is 2. The number of nitrogens with zero attached hydrogens (tertiary/aromatic N) is 2. The van der Waals surface area contributed by atoms with Gasteiger partial charge in [-0.3, -0.25) is 4.55 Å². The van der Waals surface area contributed by atoms with Gasteiger partial charge < -0.3 is 9.80 Å². The normalized spacial score (nSPS) is 11.5. The second-order valence-corrected chi connectivity index (χ2v) is 13.3. The van der Waals surface area contributed by atoms with Crippen molar-refractivity contribution in [1.82, 2.24) is 0 Å². The Morgan fingerprint density at radius 3 is 1.36 bits per heavy atom. The van der Waals surface area contributed by atoms with Crippen LogP contribution < -0.4 is 9.80 Å². The van der Waals surface area contributed by atoms with Gasteiger partial charge in [0.05, 0.1) is 4.90 Å². The van der Waals surface area contributed by atoms with Crippen molar-refractivity contribution in [3.8, 4) is 0 Å². The van der Waals surface area contributed by atoms with E-state index >= 15 is 0 Å². The second-order valence-electron chi connectivity index (χ2n) is 11.9. The Hall–Kier alpha value is -4.39. The summed E-state index contributed by atoms with van der Waals surface area (Å²) in [4.78, 5) is 4.61. The minimum absolute atomic E-state index is 0.0592. The maximum Gasteiger partial charge on any atom is 0.294 e. The van der Waals surface area contributed by atoms with Crippen LogP contribution in [0.3, 0.4) is 0 Å². The van der Waals surface area contributed by atoms with Gasteiger partial charge in [0, 0.05) is 41.8 Å². The van der Waals surface area contributed by atoms with Crippen LogP contribution in [0.5, 0.6) is 0 Å². The molecule has 0 bridgehead atoms. The maximum absolute atomic E-state index is 12.8. The summed E-state index contributed by atoms with van der Waals surface area (Å²) >= 11 is 0. The first-order valence-electron chi connectivity index (χ1n) is 16.8. The molecule has 6 heteroatoms. The highest BCUT2D eigenvalue weighted by atomic mass is 32.2. The second kappa shape index (κ2) is 15.5. The fourth-order valence-corrected chi connectivity index (χ4v) is 7.36. The average Bonchev–Trinajstić information content (AvgIpc) is 3.10. The van der Waals surface area contributed by atoms with Crippen molar-refractivity contribution in [2.75, 3.05) is 22.9 Å². The molecule has 0 saturated heterocycles. The molecule has 0 spiro atoms. The number of anilines is 4. The molecule has 0 saturated carbocycles. The fraction of sp³-hybridized carbons (Fsp3) is 0.268. The molecule has 0 atom stereocenters. The molecule has 0 radical (unpaired) electrons. The third kappa shape index (κ3) is 7.61. The molecule has 0 fully saturated rings. The minimum atomic E-state index is -4.48. The molecule has 0 aliphatic rings. The van der Waals surface area contributed by atoms with E-state index in [1.807, 2.05) is 24.3 Å². The Labute approximate surface area is 281 Å². The van der Waals surface area contributed by atoms with Crippen molar-refractivity contribution in [3.05, 3.63) is 149 Å². The van der Waals surface area contributed by atoms with Crippen LogP contribution in [0.25, 0.3) is 0 Å². The zero-order chi connectivity index (χ0) is 33.4. The number of aryl methyl sites for hydroxylation is 2. The highest BCUT2D eigenvalue weighted by Gasteiger charge is 2.28. The van der Waals surface area contributed by atoms with E-state index in [0.29, 0.717) is 5.56 Å². The molecule has 5 nitrogen and oxygen atoms in total. The van der Waals surface area contributed by atoms with Gasteiger partial charge >= 0.3 is 0 Å². The summed E-state index contributed by atoms with van der Waals surface area (Å²) in [6, 6.07) is 40.8. The smallest absolute Gasteiger partial charge is 0.294 e. The standard InChI is InChI=1S/C41H46N2O3S/c1-5-27-42(33-17-11-9-12-18-33)35-23-25-37(31(7-3)29-35)41(39-21-15-16-22-40(39)47(44,45)46)38-26-24-36(30-32(38)8-4)43(28-6-2)34-19-13-10-14-20-34/h9-26,29-30,41H,5-8,27-28H2,1-4H3,(H,44,45,46). The van der Waals surface area contributed by atoms with Crippen molar-refractivity contribution in [3.63, 3.8) is 0 Å². The number of rotatable bonds is 14. The summed E-state index contributed by atoms with van der Waals surface area (Å²) in [5.41, 5.74) is 9.39. The topological polar surface area (TPSA) is 60.9 Å². The Kier molecular flexibility index (Phi) is 11.2. The molecular weight excluding hydrogens is 601 g/mol. The van der Waals surface area contributed by atoms with Crippen LogP contribution >= 0.6 is 0 Å². The predicted octanol–water partition coefficient (Wildman–Crippen LogP) is 10.3. The van der Waals surface area contributed by atoms with Crippen LogP contribution in [0.1, 0.15) is 74.3 Å². The van der Waals surface area contributed by atoms with E-state index < -0.39 is 16.0 Å². The third-order valence-corrected chi connectivity index (χ3v) is 9.73. The van der Waals surface area contributed by atoms with E-state index in [2.05, 4.69) is 122 Å². The molecule has 0 heterocycles. The summed E-state index contributed by atoms with van der Waals surface area (Å²) in [5, 5.41) is 0. The highest BCUT2D eigenvalue weighted by Crippen LogP contribution is 2.42. The number of hydrogen-bond acceptors (Lipinski definition) is 4. The lowest BCUT2D eigenvalue weighted by Gasteiger charge is -2.30. The lowest BCUT2D eigenvalue weighted by Crippen LogP contribution is -2.19. The molecule has 244 valence electrons. The summed E-state index contributed by atoms with van der Waals surface area (Å²) < 4.78 is 36.1. The van der Waals surface area contributed by atoms with E-state index in [4.69, 9.17) is 0 Å².